The molecule has 0 aromatic heterocycles. The lowest BCUT2D eigenvalue weighted by Gasteiger charge is -2.20. The molecule has 1 saturated heterocycles. The van der Waals surface area contributed by atoms with Crippen molar-refractivity contribution in [2.24, 2.45) is 5.92 Å². The fourth-order valence-electron chi connectivity index (χ4n) is 2.32. The van der Waals surface area contributed by atoms with Crippen LogP contribution in [0.3, 0.4) is 0 Å². The van der Waals surface area contributed by atoms with Crippen molar-refractivity contribution in [2.75, 3.05) is 26.7 Å². The first-order chi connectivity index (χ1) is 7.74. The molecule has 1 unspecified atom stereocenters. The number of hydrogen-bond acceptors (Lipinski definition) is 2. The van der Waals surface area contributed by atoms with Gasteiger partial charge in [-0.3, -0.25) is 0 Å². The summed E-state index contributed by atoms with van der Waals surface area (Å²) in [7, 11) is 2.18. The average molecular weight is 239 g/mol. The number of nitrogens with zero attached hydrogens (tertiary/aromatic N) is 1. The van der Waals surface area contributed by atoms with Gasteiger partial charge in [0.1, 0.15) is 0 Å². The summed E-state index contributed by atoms with van der Waals surface area (Å²) in [6.45, 7) is 4.49. The van der Waals surface area contributed by atoms with Crippen molar-refractivity contribution >= 4 is 11.6 Å². The van der Waals surface area contributed by atoms with Gasteiger partial charge >= 0.3 is 0 Å². The SMILES string of the molecule is CN(Cc1cccc(Cl)c1)CC1CCNC1. The van der Waals surface area contributed by atoms with Crippen molar-refractivity contribution < 1.29 is 0 Å². The molecule has 0 saturated carbocycles. The van der Waals surface area contributed by atoms with Crippen LogP contribution in [0.1, 0.15) is 12.0 Å². The van der Waals surface area contributed by atoms with E-state index in [0.717, 1.165) is 17.5 Å². The molecule has 1 N–H and O–H groups in total. The fraction of sp³-hybridized carbons (Fsp3) is 0.538. The second-order valence-corrected chi connectivity index (χ2v) is 5.12. The van der Waals surface area contributed by atoms with E-state index in [9.17, 15) is 0 Å². The summed E-state index contributed by atoms with van der Waals surface area (Å²) in [6, 6.07) is 8.12. The van der Waals surface area contributed by atoms with Crippen molar-refractivity contribution in [1.29, 1.82) is 0 Å². The normalized spacial score (nSPS) is 20.6. The highest BCUT2D eigenvalue weighted by atomic mass is 35.5. The molecule has 2 nitrogen and oxygen atoms in total. The lowest BCUT2D eigenvalue weighted by molar-refractivity contribution is 0.278. The Morgan fingerprint density at radius 3 is 3.06 bits per heavy atom. The van der Waals surface area contributed by atoms with Crippen molar-refractivity contribution in [3.05, 3.63) is 34.9 Å². The molecule has 0 amide bonds. The van der Waals surface area contributed by atoms with Gasteiger partial charge in [-0.25, -0.2) is 0 Å². The van der Waals surface area contributed by atoms with Crippen LogP contribution in [0.4, 0.5) is 0 Å². The molecular formula is C13H19ClN2. The highest BCUT2D eigenvalue weighted by molar-refractivity contribution is 6.30. The van der Waals surface area contributed by atoms with E-state index in [4.69, 9.17) is 11.6 Å². The van der Waals surface area contributed by atoms with Crippen LogP contribution in [0.15, 0.2) is 24.3 Å². The van der Waals surface area contributed by atoms with Gasteiger partial charge in [0.2, 0.25) is 0 Å². The Hall–Kier alpha value is -0.570. The second-order valence-electron chi connectivity index (χ2n) is 4.69. The Morgan fingerprint density at radius 1 is 1.50 bits per heavy atom. The molecule has 0 spiro atoms. The molecule has 1 aliphatic rings. The maximum atomic E-state index is 5.97. The van der Waals surface area contributed by atoms with Crippen LogP contribution >= 0.6 is 11.6 Å². The maximum Gasteiger partial charge on any atom is 0.0409 e. The van der Waals surface area contributed by atoms with Crippen LogP contribution in [0.25, 0.3) is 0 Å². The van der Waals surface area contributed by atoms with Crippen LogP contribution in [-0.2, 0) is 6.54 Å². The van der Waals surface area contributed by atoms with Gasteiger partial charge in [0, 0.05) is 18.1 Å². The minimum absolute atomic E-state index is 0.809. The van der Waals surface area contributed by atoms with Crippen LogP contribution < -0.4 is 5.32 Å². The number of nitrogens with one attached hydrogen (secondary N) is 1. The van der Waals surface area contributed by atoms with E-state index in [2.05, 4.69) is 23.3 Å². The van der Waals surface area contributed by atoms with Gasteiger partial charge < -0.3 is 10.2 Å². The molecule has 1 aliphatic heterocycles. The van der Waals surface area contributed by atoms with Crippen LogP contribution in [-0.4, -0.2) is 31.6 Å². The van der Waals surface area contributed by atoms with Gasteiger partial charge in [0.25, 0.3) is 0 Å². The summed E-state index contributed by atoms with van der Waals surface area (Å²) in [5.41, 5.74) is 1.29. The summed E-state index contributed by atoms with van der Waals surface area (Å²) in [5.74, 6) is 0.809. The smallest absolute Gasteiger partial charge is 0.0409 e. The van der Waals surface area contributed by atoms with E-state index < -0.39 is 0 Å². The molecular weight excluding hydrogens is 220 g/mol. The Bertz CT molecular complexity index is 334. The zero-order valence-corrected chi connectivity index (χ0v) is 10.5. The largest absolute Gasteiger partial charge is 0.316 e. The number of hydrogen-bond donors (Lipinski definition) is 1. The lowest BCUT2D eigenvalue weighted by Crippen LogP contribution is -2.26. The van der Waals surface area contributed by atoms with Crippen LogP contribution in [0.5, 0.6) is 0 Å². The van der Waals surface area contributed by atoms with Crippen molar-refractivity contribution in [3.63, 3.8) is 0 Å². The summed E-state index contributed by atoms with van der Waals surface area (Å²) in [5, 5.41) is 4.23. The predicted molar refractivity (Wildman–Crippen MR) is 68.8 cm³/mol. The van der Waals surface area contributed by atoms with E-state index in [1.165, 1.54) is 31.6 Å². The summed E-state index contributed by atoms with van der Waals surface area (Å²) in [6.07, 6.45) is 1.31. The average Bonchev–Trinajstić information content (AvgIpc) is 2.70. The molecule has 16 heavy (non-hydrogen) atoms. The zero-order valence-electron chi connectivity index (χ0n) is 9.75. The molecule has 1 aromatic rings. The van der Waals surface area contributed by atoms with E-state index in [0.29, 0.717) is 0 Å². The van der Waals surface area contributed by atoms with Gasteiger partial charge in [-0.05, 0) is 50.2 Å². The molecule has 1 fully saturated rings. The third kappa shape index (κ3) is 3.48. The summed E-state index contributed by atoms with van der Waals surface area (Å²) >= 11 is 5.97. The first-order valence-corrected chi connectivity index (χ1v) is 6.25. The van der Waals surface area contributed by atoms with E-state index in [-0.39, 0.29) is 0 Å². The van der Waals surface area contributed by atoms with Gasteiger partial charge in [-0.2, -0.15) is 0 Å². The minimum atomic E-state index is 0.809. The molecule has 1 heterocycles. The van der Waals surface area contributed by atoms with Crippen molar-refractivity contribution in [1.82, 2.24) is 10.2 Å². The highest BCUT2D eigenvalue weighted by Gasteiger charge is 2.16. The van der Waals surface area contributed by atoms with Crippen molar-refractivity contribution in [3.8, 4) is 0 Å². The quantitative estimate of drug-likeness (QED) is 0.867. The fourth-order valence-corrected chi connectivity index (χ4v) is 2.54. The minimum Gasteiger partial charge on any atom is -0.316 e. The Labute approximate surface area is 103 Å². The van der Waals surface area contributed by atoms with Gasteiger partial charge in [0.05, 0.1) is 0 Å². The highest BCUT2D eigenvalue weighted by Crippen LogP contribution is 2.14. The van der Waals surface area contributed by atoms with E-state index in [1.54, 1.807) is 0 Å². The monoisotopic (exact) mass is 238 g/mol. The molecule has 0 radical (unpaired) electrons. The Kier molecular flexibility index (Phi) is 4.22. The maximum absolute atomic E-state index is 5.97. The molecule has 0 aliphatic carbocycles. The third-order valence-corrected chi connectivity index (χ3v) is 3.31. The van der Waals surface area contributed by atoms with Gasteiger partial charge in [0.15, 0.2) is 0 Å². The van der Waals surface area contributed by atoms with Crippen molar-refractivity contribution in [2.45, 2.75) is 13.0 Å². The molecule has 2 rings (SSSR count). The van der Waals surface area contributed by atoms with Crippen LogP contribution in [0.2, 0.25) is 5.02 Å². The molecule has 0 bridgehead atoms. The Balaban J connectivity index is 1.84. The molecule has 88 valence electrons. The second kappa shape index (κ2) is 5.67. The third-order valence-electron chi connectivity index (χ3n) is 3.07. The summed E-state index contributed by atoms with van der Waals surface area (Å²) in [4.78, 5) is 2.38. The molecule has 1 atom stereocenters. The van der Waals surface area contributed by atoms with E-state index in [1.807, 2.05) is 18.2 Å². The number of rotatable bonds is 4. The van der Waals surface area contributed by atoms with Gasteiger partial charge in [-0.1, -0.05) is 23.7 Å². The number of benzene rings is 1. The van der Waals surface area contributed by atoms with E-state index >= 15 is 0 Å². The lowest BCUT2D eigenvalue weighted by atomic mass is 10.1. The zero-order chi connectivity index (χ0) is 11.4. The predicted octanol–water partition coefficient (Wildman–Crippen LogP) is 2.38. The molecule has 1 aromatic carbocycles. The van der Waals surface area contributed by atoms with Gasteiger partial charge in [-0.15, -0.1) is 0 Å². The topological polar surface area (TPSA) is 15.3 Å². The summed E-state index contributed by atoms with van der Waals surface area (Å²) < 4.78 is 0. The number of halogens is 1. The first kappa shape index (κ1) is 11.9. The Morgan fingerprint density at radius 2 is 2.38 bits per heavy atom. The first-order valence-electron chi connectivity index (χ1n) is 5.88. The standard InChI is InChI=1S/C13H19ClN2/c1-16(10-12-5-6-15-8-12)9-11-3-2-4-13(14)7-11/h2-4,7,12,15H,5-6,8-10H2,1H3. The van der Waals surface area contributed by atoms with Crippen LogP contribution in [0, 0.1) is 5.92 Å². The molecule has 3 heteroatoms.